The fourth-order valence-electron chi connectivity index (χ4n) is 3.24. The topological polar surface area (TPSA) is 95.0 Å². The average Bonchev–Trinajstić information content (AvgIpc) is 2.71. The lowest BCUT2D eigenvalue weighted by atomic mass is 10.0. The first-order chi connectivity index (χ1) is 15.4. The van der Waals surface area contributed by atoms with Crippen molar-refractivity contribution in [2.75, 3.05) is 37.9 Å². The molecule has 1 amide bonds. The van der Waals surface area contributed by atoms with Gasteiger partial charge in [-0.2, -0.15) is 0 Å². The van der Waals surface area contributed by atoms with Crippen molar-refractivity contribution in [2.24, 2.45) is 0 Å². The third kappa shape index (κ3) is 8.14. The van der Waals surface area contributed by atoms with Gasteiger partial charge in [-0.15, -0.1) is 0 Å². The van der Waals surface area contributed by atoms with E-state index in [4.69, 9.17) is 4.74 Å². The number of benzene rings is 1. The number of aliphatic hydroxyl groups is 1. The SMILES string of the molecule is CC(C)Oc1cccc(C(=O)Nc2cc(CN(C)CCC(C)(C)O)c(C=O)cc2N(C)C)n1. The highest BCUT2D eigenvalue weighted by Crippen LogP contribution is 2.29. The number of nitrogens with one attached hydrogen (secondary N) is 1. The van der Waals surface area contributed by atoms with E-state index in [-0.39, 0.29) is 17.7 Å². The Hall–Kier alpha value is -2.97. The van der Waals surface area contributed by atoms with Gasteiger partial charge in [0.05, 0.1) is 23.1 Å². The first-order valence-electron chi connectivity index (χ1n) is 11.0. The Labute approximate surface area is 196 Å². The van der Waals surface area contributed by atoms with Crippen molar-refractivity contribution in [3.8, 4) is 5.88 Å². The molecule has 8 heteroatoms. The molecule has 0 saturated carbocycles. The van der Waals surface area contributed by atoms with Crippen molar-refractivity contribution >= 4 is 23.6 Å². The number of rotatable bonds is 11. The zero-order valence-corrected chi connectivity index (χ0v) is 20.7. The van der Waals surface area contributed by atoms with Crippen molar-refractivity contribution in [1.29, 1.82) is 0 Å². The zero-order chi connectivity index (χ0) is 24.8. The summed E-state index contributed by atoms with van der Waals surface area (Å²) in [5.41, 5.74) is 2.10. The monoisotopic (exact) mass is 456 g/mol. The minimum Gasteiger partial charge on any atom is -0.475 e. The van der Waals surface area contributed by atoms with Crippen molar-refractivity contribution in [1.82, 2.24) is 9.88 Å². The number of anilines is 2. The van der Waals surface area contributed by atoms with Gasteiger partial charge in [0, 0.05) is 38.8 Å². The number of carbonyl (C=O) groups is 2. The van der Waals surface area contributed by atoms with Crippen LogP contribution in [0.3, 0.4) is 0 Å². The molecule has 0 aliphatic rings. The zero-order valence-electron chi connectivity index (χ0n) is 20.7. The van der Waals surface area contributed by atoms with Gasteiger partial charge >= 0.3 is 0 Å². The average molecular weight is 457 g/mol. The van der Waals surface area contributed by atoms with Crippen LogP contribution in [0.25, 0.3) is 0 Å². The molecule has 180 valence electrons. The second-order valence-electron chi connectivity index (χ2n) is 9.36. The summed E-state index contributed by atoms with van der Waals surface area (Å²) in [5.74, 6) is 0.0170. The first-order valence-corrected chi connectivity index (χ1v) is 11.0. The summed E-state index contributed by atoms with van der Waals surface area (Å²) in [6.07, 6.45) is 1.37. The summed E-state index contributed by atoms with van der Waals surface area (Å²) in [6.45, 7) is 8.49. The number of hydrogen-bond donors (Lipinski definition) is 2. The van der Waals surface area contributed by atoms with Gasteiger partial charge in [0.2, 0.25) is 5.88 Å². The quantitative estimate of drug-likeness (QED) is 0.499. The summed E-state index contributed by atoms with van der Waals surface area (Å²) in [6, 6.07) is 8.66. The summed E-state index contributed by atoms with van der Waals surface area (Å²) >= 11 is 0. The highest BCUT2D eigenvalue weighted by molar-refractivity contribution is 6.05. The van der Waals surface area contributed by atoms with E-state index in [1.54, 1.807) is 38.1 Å². The van der Waals surface area contributed by atoms with Gasteiger partial charge in [0.1, 0.15) is 12.0 Å². The molecule has 0 atom stereocenters. The Morgan fingerprint density at radius 2 is 1.94 bits per heavy atom. The number of carbonyl (C=O) groups excluding carboxylic acids is 2. The third-order valence-corrected chi connectivity index (χ3v) is 4.97. The van der Waals surface area contributed by atoms with Gasteiger partial charge in [-0.05, 0) is 64.9 Å². The highest BCUT2D eigenvalue weighted by atomic mass is 16.5. The Morgan fingerprint density at radius 3 is 2.52 bits per heavy atom. The molecule has 1 aromatic carbocycles. The smallest absolute Gasteiger partial charge is 0.274 e. The second kappa shape index (κ2) is 11.2. The molecule has 2 aromatic rings. The van der Waals surface area contributed by atoms with Crippen LogP contribution < -0.4 is 15.0 Å². The fraction of sp³-hybridized carbons (Fsp3) is 0.480. The second-order valence-corrected chi connectivity index (χ2v) is 9.36. The molecule has 0 aliphatic heterocycles. The molecule has 8 nitrogen and oxygen atoms in total. The van der Waals surface area contributed by atoms with E-state index in [9.17, 15) is 14.7 Å². The van der Waals surface area contributed by atoms with Crippen LogP contribution in [-0.2, 0) is 6.54 Å². The molecule has 1 aromatic heterocycles. The van der Waals surface area contributed by atoms with Crippen LogP contribution in [0.2, 0.25) is 0 Å². The van der Waals surface area contributed by atoms with Crippen molar-refractivity contribution < 1.29 is 19.4 Å². The third-order valence-electron chi connectivity index (χ3n) is 4.97. The number of aldehydes is 1. The molecule has 0 saturated heterocycles. The van der Waals surface area contributed by atoms with Crippen LogP contribution in [0.1, 0.15) is 60.5 Å². The van der Waals surface area contributed by atoms with Crippen LogP contribution in [0.4, 0.5) is 11.4 Å². The summed E-state index contributed by atoms with van der Waals surface area (Å²) in [7, 11) is 5.64. The standard InChI is InChI=1S/C25H36N4O4/c1-17(2)33-23-10-8-9-20(26-23)24(31)27-21-13-18(15-29(7)12-11-25(3,4)32)19(16-30)14-22(21)28(5)6/h8-10,13-14,16-17,32H,11-12,15H2,1-7H3,(H,27,31). The van der Waals surface area contributed by atoms with E-state index in [0.717, 1.165) is 11.8 Å². The normalized spacial score (nSPS) is 11.6. The summed E-state index contributed by atoms with van der Waals surface area (Å²) in [4.78, 5) is 32.9. The molecule has 0 fully saturated rings. The number of amides is 1. The van der Waals surface area contributed by atoms with E-state index in [1.807, 2.05) is 50.9 Å². The summed E-state index contributed by atoms with van der Waals surface area (Å²) < 4.78 is 5.60. The lowest BCUT2D eigenvalue weighted by Crippen LogP contribution is -2.28. The number of hydrogen-bond acceptors (Lipinski definition) is 7. The van der Waals surface area contributed by atoms with Gasteiger partial charge in [0.25, 0.3) is 5.91 Å². The van der Waals surface area contributed by atoms with Gasteiger partial charge in [-0.3, -0.25) is 9.59 Å². The number of pyridine rings is 1. The maximum atomic E-state index is 13.0. The maximum absolute atomic E-state index is 13.0. The van der Waals surface area contributed by atoms with Gasteiger partial charge in [-0.1, -0.05) is 6.07 Å². The lowest BCUT2D eigenvalue weighted by Gasteiger charge is -2.25. The molecule has 0 spiro atoms. The van der Waals surface area contributed by atoms with Crippen LogP contribution in [-0.4, -0.2) is 66.6 Å². The van der Waals surface area contributed by atoms with E-state index in [2.05, 4.69) is 10.3 Å². The Morgan fingerprint density at radius 1 is 1.24 bits per heavy atom. The molecular weight excluding hydrogens is 420 g/mol. The fourth-order valence-corrected chi connectivity index (χ4v) is 3.24. The van der Waals surface area contributed by atoms with Crippen molar-refractivity contribution in [2.45, 2.75) is 52.4 Å². The summed E-state index contributed by atoms with van der Waals surface area (Å²) in [5, 5.41) is 12.9. The minimum absolute atomic E-state index is 0.0528. The molecule has 2 N–H and O–H groups in total. The molecular formula is C25H36N4O4. The van der Waals surface area contributed by atoms with Crippen molar-refractivity contribution in [3.63, 3.8) is 0 Å². The Bertz CT molecular complexity index is 967. The molecule has 0 aliphatic carbocycles. The molecule has 0 radical (unpaired) electrons. The number of nitrogens with zero attached hydrogens (tertiary/aromatic N) is 3. The lowest BCUT2D eigenvalue weighted by molar-refractivity contribution is 0.0599. The van der Waals surface area contributed by atoms with Gasteiger partial charge in [0.15, 0.2) is 0 Å². The number of ether oxygens (including phenoxy) is 1. The molecule has 33 heavy (non-hydrogen) atoms. The van der Waals surface area contributed by atoms with Gasteiger partial charge in [-0.25, -0.2) is 4.98 Å². The maximum Gasteiger partial charge on any atom is 0.274 e. The van der Waals surface area contributed by atoms with Gasteiger partial charge < -0.3 is 25.0 Å². The van der Waals surface area contributed by atoms with Crippen LogP contribution in [0, 0.1) is 0 Å². The minimum atomic E-state index is -0.767. The van der Waals surface area contributed by atoms with E-state index in [0.29, 0.717) is 42.3 Å². The Balaban J connectivity index is 2.32. The number of aromatic nitrogens is 1. The largest absolute Gasteiger partial charge is 0.475 e. The highest BCUT2D eigenvalue weighted by Gasteiger charge is 2.18. The van der Waals surface area contributed by atoms with Crippen LogP contribution >= 0.6 is 0 Å². The van der Waals surface area contributed by atoms with Crippen LogP contribution in [0.15, 0.2) is 30.3 Å². The predicted octanol–water partition coefficient (Wildman–Crippen LogP) is 3.59. The molecule has 2 rings (SSSR count). The van der Waals surface area contributed by atoms with Crippen LogP contribution in [0.5, 0.6) is 5.88 Å². The van der Waals surface area contributed by atoms with E-state index < -0.39 is 5.60 Å². The molecule has 0 unspecified atom stereocenters. The molecule has 0 bridgehead atoms. The molecule has 1 heterocycles. The van der Waals surface area contributed by atoms with E-state index in [1.165, 1.54) is 0 Å². The van der Waals surface area contributed by atoms with E-state index >= 15 is 0 Å². The first kappa shape index (κ1) is 26.3. The Kier molecular flexibility index (Phi) is 8.96. The van der Waals surface area contributed by atoms with Crippen molar-refractivity contribution in [3.05, 3.63) is 47.2 Å². The predicted molar refractivity (Wildman–Crippen MR) is 131 cm³/mol.